The number of fused-ring (bicyclic) bond motifs is 1. The molecule has 2 N–H and O–H groups in total. The maximum Gasteiger partial charge on any atom is 0.410 e. The third-order valence-corrected chi connectivity index (χ3v) is 6.45. The lowest BCUT2D eigenvalue weighted by Gasteiger charge is -2.29. The highest BCUT2D eigenvalue weighted by Crippen LogP contribution is 2.29. The van der Waals surface area contributed by atoms with Gasteiger partial charge in [0.15, 0.2) is 0 Å². The number of aliphatic hydroxyl groups excluding tert-OH is 1. The number of amides is 4. The number of nitrogens with one attached hydrogen (secondary N) is 1. The first kappa shape index (κ1) is 33.0. The van der Waals surface area contributed by atoms with Gasteiger partial charge in [-0.2, -0.15) is 0 Å². The van der Waals surface area contributed by atoms with E-state index < -0.39 is 23.6 Å². The molecule has 0 spiro atoms. The summed E-state index contributed by atoms with van der Waals surface area (Å²) in [4.78, 5) is 52.8. The van der Waals surface area contributed by atoms with Crippen LogP contribution in [0.5, 0.6) is 0 Å². The molecule has 2 aliphatic rings. The second-order valence-electron chi connectivity index (χ2n) is 10.8. The van der Waals surface area contributed by atoms with E-state index in [1.807, 2.05) is 6.07 Å². The summed E-state index contributed by atoms with van der Waals surface area (Å²) in [6.45, 7) is 8.36. The minimum absolute atomic E-state index is 0.0245. The van der Waals surface area contributed by atoms with Gasteiger partial charge in [0, 0.05) is 43.6 Å². The van der Waals surface area contributed by atoms with Crippen molar-refractivity contribution in [3.05, 3.63) is 34.9 Å². The second-order valence-corrected chi connectivity index (χ2v) is 10.8. The Balaban J connectivity index is 1.53. The van der Waals surface area contributed by atoms with Crippen molar-refractivity contribution in [3.63, 3.8) is 0 Å². The van der Waals surface area contributed by atoms with Gasteiger partial charge in [-0.25, -0.2) is 4.79 Å². The Kier molecular flexibility index (Phi) is 12.7. The number of piperidine rings is 1. The number of hydrogen-bond donors (Lipinski definition) is 2. The van der Waals surface area contributed by atoms with E-state index in [4.69, 9.17) is 24.1 Å². The summed E-state index contributed by atoms with van der Waals surface area (Å²) in [5, 5.41) is 11.0. The molecule has 1 aromatic rings. The zero-order valence-electron chi connectivity index (χ0n) is 24.6. The van der Waals surface area contributed by atoms with Crippen molar-refractivity contribution in [2.75, 3.05) is 59.3 Å². The van der Waals surface area contributed by atoms with Crippen molar-refractivity contribution in [1.82, 2.24) is 15.1 Å². The molecule has 12 nitrogen and oxygen atoms in total. The van der Waals surface area contributed by atoms with E-state index in [2.05, 4.69) is 17.2 Å². The van der Waals surface area contributed by atoms with Crippen molar-refractivity contribution >= 4 is 23.8 Å². The predicted molar refractivity (Wildman–Crippen MR) is 151 cm³/mol. The number of carbonyl (C=O) groups excluding carboxylic acids is 4. The van der Waals surface area contributed by atoms with Crippen molar-refractivity contribution in [1.29, 1.82) is 0 Å². The average Bonchev–Trinajstić information content (AvgIpc) is 3.26. The number of carbonyl (C=O) groups is 4. The van der Waals surface area contributed by atoms with Crippen LogP contribution in [0, 0.1) is 11.8 Å². The molecule has 1 unspecified atom stereocenters. The molecule has 0 aliphatic carbocycles. The van der Waals surface area contributed by atoms with Gasteiger partial charge in [-0.05, 0) is 44.9 Å². The van der Waals surface area contributed by atoms with Crippen molar-refractivity contribution in [2.24, 2.45) is 0 Å². The lowest BCUT2D eigenvalue weighted by molar-refractivity contribution is -0.136. The Bertz CT molecular complexity index is 1170. The smallest absolute Gasteiger partial charge is 0.410 e. The van der Waals surface area contributed by atoms with Gasteiger partial charge >= 0.3 is 6.09 Å². The lowest BCUT2D eigenvalue weighted by Crippen LogP contribution is -2.52. The van der Waals surface area contributed by atoms with Crippen LogP contribution in [0.2, 0.25) is 0 Å². The van der Waals surface area contributed by atoms with Gasteiger partial charge < -0.3 is 33.9 Å². The van der Waals surface area contributed by atoms with Crippen LogP contribution >= 0.6 is 0 Å². The second kappa shape index (κ2) is 16.2. The van der Waals surface area contributed by atoms with Gasteiger partial charge in [0.1, 0.15) is 11.6 Å². The van der Waals surface area contributed by atoms with E-state index in [9.17, 15) is 19.2 Å². The van der Waals surface area contributed by atoms with Gasteiger partial charge in [-0.15, -0.1) is 0 Å². The molecule has 3 rings (SSSR count). The summed E-state index contributed by atoms with van der Waals surface area (Å²) in [5.74, 6) is 5.19. The molecule has 1 atom stereocenters. The summed E-state index contributed by atoms with van der Waals surface area (Å²) in [6, 6.07) is 4.61. The third kappa shape index (κ3) is 10.1. The van der Waals surface area contributed by atoms with Gasteiger partial charge in [0.05, 0.1) is 46.2 Å². The molecule has 1 fully saturated rings. The van der Waals surface area contributed by atoms with Crippen LogP contribution in [-0.2, 0) is 35.1 Å². The Labute approximate surface area is 246 Å². The highest BCUT2D eigenvalue weighted by molar-refractivity contribution is 6.05. The summed E-state index contributed by atoms with van der Waals surface area (Å²) >= 11 is 0. The number of benzene rings is 1. The maximum atomic E-state index is 13.0. The number of ether oxygens (including phenoxy) is 4. The Morgan fingerprint density at radius 3 is 2.40 bits per heavy atom. The quantitative estimate of drug-likeness (QED) is 0.188. The van der Waals surface area contributed by atoms with Crippen molar-refractivity contribution in [3.8, 4) is 11.8 Å². The van der Waals surface area contributed by atoms with E-state index in [0.717, 1.165) is 5.56 Å². The number of hydrogen-bond acceptors (Lipinski definition) is 9. The zero-order valence-corrected chi connectivity index (χ0v) is 24.6. The predicted octanol–water partition coefficient (Wildman–Crippen LogP) is 1.47. The number of rotatable bonds is 14. The Hall–Kier alpha value is -3.50. The minimum atomic E-state index is -0.689. The van der Waals surface area contributed by atoms with Gasteiger partial charge in [0.2, 0.25) is 11.8 Å². The highest BCUT2D eigenvalue weighted by atomic mass is 16.6. The van der Waals surface area contributed by atoms with Crippen LogP contribution in [0.1, 0.15) is 61.5 Å². The first-order chi connectivity index (χ1) is 20.1. The van der Waals surface area contributed by atoms with Crippen LogP contribution in [0.3, 0.4) is 0 Å². The van der Waals surface area contributed by atoms with E-state index >= 15 is 0 Å². The van der Waals surface area contributed by atoms with Crippen LogP contribution in [-0.4, -0.2) is 110 Å². The van der Waals surface area contributed by atoms with Gasteiger partial charge in [-0.1, -0.05) is 17.9 Å². The summed E-state index contributed by atoms with van der Waals surface area (Å²) in [7, 11) is 0. The first-order valence-corrected chi connectivity index (χ1v) is 14.2. The molecule has 42 heavy (non-hydrogen) atoms. The fraction of sp³-hybridized carbons (Fsp3) is 0.600. The van der Waals surface area contributed by atoms with Crippen LogP contribution in [0.25, 0.3) is 0 Å². The number of imide groups is 1. The molecule has 0 radical (unpaired) electrons. The molecule has 2 aliphatic heterocycles. The average molecular weight is 588 g/mol. The van der Waals surface area contributed by atoms with Crippen LogP contribution in [0.15, 0.2) is 18.2 Å². The van der Waals surface area contributed by atoms with E-state index in [0.29, 0.717) is 70.1 Å². The van der Waals surface area contributed by atoms with E-state index in [1.54, 1.807) is 37.8 Å². The SMILES string of the molecule is CC(C)(C)OC(=O)N(CCC#Cc1cccc2c1CN(C1CCC(=O)NC1=O)C2=O)CCOCCOCCOCCO. The molecule has 1 saturated heterocycles. The van der Waals surface area contributed by atoms with E-state index in [-0.39, 0.29) is 38.0 Å². The van der Waals surface area contributed by atoms with Crippen molar-refractivity contribution in [2.45, 2.75) is 58.2 Å². The van der Waals surface area contributed by atoms with Crippen molar-refractivity contribution < 1.29 is 43.2 Å². The summed E-state index contributed by atoms with van der Waals surface area (Å²) in [5.41, 5.74) is 1.28. The van der Waals surface area contributed by atoms with Gasteiger partial charge in [0.25, 0.3) is 5.91 Å². The van der Waals surface area contributed by atoms with E-state index in [1.165, 1.54) is 4.90 Å². The molecule has 0 aromatic heterocycles. The molecule has 2 heterocycles. The third-order valence-electron chi connectivity index (χ3n) is 6.45. The molecule has 12 heteroatoms. The normalized spacial score (nSPS) is 16.5. The lowest BCUT2D eigenvalue weighted by atomic mass is 10.0. The topological polar surface area (TPSA) is 144 Å². The molecule has 0 bridgehead atoms. The van der Waals surface area contributed by atoms with Gasteiger partial charge in [-0.3, -0.25) is 19.7 Å². The fourth-order valence-corrected chi connectivity index (χ4v) is 4.45. The molecule has 1 aromatic carbocycles. The number of nitrogens with zero attached hydrogens (tertiary/aromatic N) is 2. The molecular weight excluding hydrogens is 546 g/mol. The molecule has 0 saturated carbocycles. The standard InChI is InChI=1S/C30H41N3O9/c1-30(2,3)42-29(38)32(13-15-39-17-19-41-20-18-40-16-14-34)12-5-4-7-22-8-6-9-23-24(22)21-33(28(23)37)25-10-11-26(35)31-27(25)36/h6,8-9,25,34H,5,10-21H2,1-3H3,(H,31,35,36). The maximum absolute atomic E-state index is 13.0. The summed E-state index contributed by atoms with van der Waals surface area (Å²) < 4.78 is 21.7. The zero-order chi connectivity index (χ0) is 30.5. The minimum Gasteiger partial charge on any atom is -0.444 e. The molecule has 230 valence electrons. The Morgan fingerprint density at radius 1 is 1.05 bits per heavy atom. The molecule has 4 amide bonds. The number of aliphatic hydroxyl groups is 1. The van der Waals surface area contributed by atoms with Crippen LogP contribution in [0.4, 0.5) is 4.79 Å². The monoisotopic (exact) mass is 587 g/mol. The Morgan fingerprint density at radius 2 is 1.74 bits per heavy atom. The highest BCUT2D eigenvalue weighted by Gasteiger charge is 2.39. The van der Waals surface area contributed by atoms with Crippen LogP contribution < -0.4 is 5.32 Å². The summed E-state index contributed by atoms with van der Waals surface area (Å²) in [6.07, 6.45) is 0.391. The fourth-order valence-electron chi connectivity index (χ4n) is 4.45. The largest absolute Gasteiger partial charge is 0.444 e. The first-order valence-electron chi connectivity index (χ1n) is 14.2. The molecular formula is C30H41N3O9.